The maximum atomic E-state index is 13.5. The number of halogens is 5. The van der Waals surface area contributed by atoms with Crippen LogP contribution in [0.4, 0.5) is 8.78 Å². The fourth-order valence-electron chi connectivity index (χ4n) is 1.64. The molecular formula is C14H7F2I3O2. The van der Waals surface area contributed by atoms with E-state index in [2.05, 4.69) is 67.8 Å². The Balaban J connectivity index is 2.19. The van der Waals surface area contributed by atoms with Crippen LogP contribution < -0.4 is 4.74 Å². The lowest BCUT2D eigenvalue weighted by Crippen LogP contribution is -2.16. The van der Waals surface area contributed by atoms with Gasteiger partial charge in [-0.3, -0.25) is 4.79 Å². The molecule has 0 unspecified atom stereocenters. The maximum Gasteiger partial charge on any atom is 0.206 e. The van der Waals surface area contributed by atoms with Crippen LogP contribution in [-0.2, 0) is 0 Å². The summed E-state index contributed by atoms with van der Waals surface area (Å²) in [4.78, 5) is 11.9. The first-order chi connectivity index (χ1) is 9.90. The van der Waals surface area contributed by atoms with Crippen LogP contribution in [0.25, 0.3) is 0 Å². The quantitative estimate of drug-likeness (QED) is 0.352. The predicted octanol–water partition coefficient (Wildman–Crippen LogP) is 5.04. The highest BCUT2D eigenvalue weighted by Crippen LogP contribution is 2.29. The molecule has 0 aliphatic carbocycles. The third-order valence-corrected chi connectivity index (χ3v) is 4.78. The number of carbonyl (C=O) groups is 1. The molecule has 0 fully saturated rings. The van der Waals surface area contributed by atoms with Crippen LogP contribution in [-0.4, -0.2) is 12.4 Å². The lowest BCUT2D eigenvalue weighted by molar-refractivity contribution is 0.0911. The van der Waals surface area contributed by atoms with Gasteiger partial charge in [0.25, 0.3) is 0 Å². The van der Waals surface area contributed by atoms with Crippen LogP contribution in [0, 0.1) is 22.3 Å². The summed E-state index contributed by atoms with van der Waals surface area (Å²) in [6.45, 7) is -0.412. The molecule has 0 N–H and O–H groups in total. The first-order valence-corrected chi connectivity index (χ1v) is 8.88. The average molecular weight is 626 g/mol. The van der Waals surface area contributed by atoms with Crippen molar-refractivity contribution in [2.24, 2.45) is 0 Å². The van der Waals surface area contributed by atoms with E-state index in [0.29, 0.717) is 5.75 Å². The van der Waals surface area contributed by atoms with Gasteiger partial charge in [-0.15, -0.1) is 0 Å². The van der Waals surface area contributed by atoms with E-state index in [1.54, 1.807) is 0 Å². The molecule has 0 bridgehead atoms. The minimum absolute atomic E-state index is 0.412. The summed E-state index contributed by atoms with van der Waals surface area (Å²) < 4.78 is 35.2. The number of rotatable bonds is 4. The molecule has 0 heterocycles. The highest BCUT2D eigenvalue weighted by Gasteiger charge is 2.18. The van der Waals surface area contributed by atoms with Gasteiger partial charge in [-0.05, 0) is 92.0 Å². The Bertz CT molecular complexity index is 661. The molecule has 110 valence electrons. The Kier molecular flexibility index (Phi) is 6.17. The summed E-state index contributed by atoms with van der Waals surface area (Å²) in [7, 11) is 0. The van der Waals surface area contributed by atoms with Crippen molar-refractivity contribution >= 4 is 73.6 Å². The maximum absolute atomic E-state index is 13.5. The van der Waals surface area contributed by atoms with Gasteiger partial charge in [-0.1, -0.05) is 6.07 Å². The summed E-state index contributed by atoms with van der Waals surface area (Å²) in [5.74, 6) is -1.94. The zero-order chi connectivity index (χ0) is 15.6. The monoisotopic (exact) mass is 626 g/mol. The molecule has 21 heavy (non-hydrogen) atoms. The Hall–Kier alpha value is -0.0400. The zero-order valence-electron chi connectivity index (χ0n) is 10.3. The van der Waals surface area contributed by atoms with Crippen molar-refractivity contribution in [3.63, 3.8) is 0 Å². The average Bonchev–Trinajstić information content (AvgIpc) is 2.37. The van der Waals surface area contributed by atoms with Crippen LogP contribution in [0.15, 0.2) is 30.3 Å². The normalized spacial score (nSPS) is 10.5. The zero-order valence-corrected chi connectivity index (χ0v) is 16.8. The summed E-state index contributed by atoms with van der Waals surface area (Å²) >= 11 is 6.36. The van der Waals surface area contributed by atoms with E-state index in [1.165, 1.54) is 6.07 Å². The largest absolute Gasteiger partial charge is 0.483 e. The van der Waals surface area contributed by atoms with Crippen molar-refractivity contribution in [1.82, 2.24) is 0 Å². The molecule has 2 aromatic rings. The summed E-state index contributed by atoms with van der Waals surface area (Å²) in [6.07, 6.45) is 0. The molecule has 0 aliphatic heterocycles. The van der Waals surface area contributed by atoms with Gasteiger partial charge in [0, 0.05) is 3.57 Å². The van der Waals surface area contributed by atoms with Crippen LogP contribution >= 0.6 is 67.8 Å². The highest BCUT2D eigenvalue weighted by atomic mass is 127. The van der Waals surface area contributed by atoms with Crippen molar-refractivity contribution < 1.29 is 18.3 Å². The second-order valence-corrected chi connectivity index (χ2v) is 7.58. The molecule has 0 amide bonds. The number of hydrogen-bond donors (Lipinski definition) is 0. The van der Waals surface area contributed by atoms with Gasteiger partial charge in [-0.2, -0.15) is 0 Å². The molecule has 0 saturated carbocycles. The SMILES string of the molecule is O=C(COc1c(I)cc(I)cc1I)c1c(F)cccc1F. The molecule has 0 spiro atoms. The van der Waals surface area contributed by atoms with E-state index in [-0.39, 0.29) is 0 Å². The summed E-state index contributed by atoms with van der Waals surface area (Å²) in [5, 5.41) is 0. The molecule has 0 aliphatic rings. The standard InChI is InChI=1S/C14H7F2I3O2/c15-8-2-1-3-9(16)13(8)12(20)6-21-14-10(18)4-7(17)5-11(14)19/h1-5H,6H2. The first-order valence-electron chi connectivity index (χ1n) is 5.64. The second kappa shape index (κ2) is 7.49. The van der Waals surface area contributed by atoms with E-state index in [9.17, 15) is 13.6 Å². The third kappa shape index (κ3) is 4.24. The van der Waals surface area contributed by atoms with Gasteiger partial charge >= 0.3 is 0 Å². The van der Waals surface area contributed by atoms with Gasteiger partial charge in [0.15, 0.2) is 6.61 Å². The van der Waals surface area contributed by atoms with Gasteiger partial charge in [-0.25, -0.2) is 8.78 Å². The van der Waals surface area contributed by atoms with Crippen molar-refractivity contribution in [2.75, 3.05) is 6.61 Å². The van der Waals surface area contributed by atoms with Crippen LogP contribution in [0.5, 0.6) is 5.75 Å². The van der Waals surface area contributed by atoms with E-state index in [0.717, 1.165) is 22.8 Å². The van der Waals surface area contributed by atoms with E-state index in [4.69, 9.17) is 4.74 Å². The van der Waals surface area contributed by atoms with Crippen LogP contribution in [0.1, 0.15) is 10.4 Å². The molecule has 2 aromatic carbocycles. The molecule has 0 atom stereocenters. The smallest absolute Gasteiger partial charge is 0.206 e. The molecule has 0 radical (unpaired) electrons. The third-order valence-electron chi connectivity index (χ3n) is 2.55. The number of hydrogen-bond acceptors (Lipinski definition) is 2. The first kappa shape index (κ1) is 17.3. The van der Waals surface area contributed by atoms with Crippen LogP contribution in [0.3, 0.4) is 0 Å². The Morgan fingerprint density at radius 2 is 1.57 bits per heavy atom. The topological polar surface area (TPSA) is 26.3 Å². The Labute approximate surface area is 161 Å². The van der Waals surface area contributed by atoms with E-state index >= 15 is 0 Å². The molecule has 7 heteroatoms. The highest BCUT2D eigenvalue weighted by molar-refractivity contribution is 14.1. The van der Waals surface area contributed by atoms with E-state index < -0.39 is 29.6 Å². The number of ether oxygens (including phenoxy) is 1. The van der Waals surface area contributed by atoms with Crippen molar-refractivity contribution in [1.29, 1.82) is 0 Å². The number of benzene rings is 2. The fourth-order valence-corrected chi connectivity index (χ4v) is 5.53. The van der Waals surface area contributed by atoms with Gasteiger partial charge < -0.3 is 4.74 Å². The lowest BCUT2D eigenvalue weighted by atomic mass is 10.1. The minimum atomic E-state index is -0.879. The minimum Gasteiger partial charge on any atom is -0.483 e. The van der Waals surface area contributed by atoms with Crippen molar-refractivity contribution in [3.8, 4) is 5.75 Å². The Morgan fingerprint density at radius 3 is 2.10 bits per heavy atom. The second-order valence-electron chi connectivity index (χ2n) is 4.01. The van der Waals surface area contributed by atoms with Crippen molar-refractivity contribution in [3.05, 3.63) is 58.2 Å². The molecule has 0 aromatic heterocycles. The fraction of sp³-hybridized carbons (Fsp3) is 0.0714. The molecule has 0 saturated heterocycles. The van der Waals surface area contributed by atoms with Crippen LogP contribution in [0.2, 0.25) is 0 Å². The lowest BCUT2D eigenvalue weighted by Gasteiger charge is -2.11. The van der Waals surface area contributed by atoms with Gasteiger partial charge in [0.05, 0.1) is 12.7 Å². The van der Waals surface area contributed by atoms with E-state index in [1.807, 2.05) is 12.1 Å². The molecule has 2 nitrogen and oxygen atoms in total. The number of carbonyl (C=O) groups excluding carboxylic acids is 1. The van der Waals surface area contributed by atoms with Gasteiger partial charge in [0.1, 0.15) is 17.4 Å². The Morgan fingerprint density at radius 1 is 1.05 bits per heavy atom. The summed E-state index contributed by atoms with van der Waals surface area (Å²) in [5.41, 5.74) is -0.562. The van der Waals surface area contributed by atoms with Gasteiger partial charge in [0.2, 0.25) is 5.78 Å². The number of ketones is 1. The predicted molar refractivity (Wildman–Crippen MR) is 101 cm³/mol. The molecular weight excluding hydrogens is 619 g/mol. The summed E-state index contributed by atoms with van der Waals surface area (Å²) in [6, 6.07) is 7.11. The molecule has 2 rings (SSSR count). The van der Waals surface area contributed by atoms with Crippen molar-refractivity contribution in [2.45, 2.75) is 0 Å². The number of Topliss-reactive ketones (excluding diaryl/α,β-unsaturated/α-hetero) is 1.